The van der Waals surface area contributed by atoms with Gasteiger partial charge in [0, 0.05) is 24.2 Å². The maximum atomic E-state index is 12.4. The van der Waals surface area contributed by atoms with E-state index in [1.54, 1.807) is 6.08 Å². The molecule has 0 radical (unpaired) electrons. The SMILES string of the molecule is CC1C2(CCNC2=O)CC2CCC1(C1=CC(=O)OC1)N2. The van der Waals surface area contributed by atoms with Crippen LogP contribution in [0, 0.1) is 11.3 Å². The van der Waals surface area contributed by atoms with E-state index in [4.69, 9.17) is 4.74 Å². The van der Waals surface area contributed by atoms with Gasteiger partial charge in [-0.05, 0) is 37.2 Å². The van der Waals surface area contributed by atoms with Gasteiger partial charge in [0.15, 0.2) is 0 Å². The van der Waals surface area contributed by atoms with Crippen molar-refractivity contribution >= 4 is 11.9 Å². The molecule has 5 heteroatoms. The Hall–Kier alpha value is -1.36. The lowest BCUT2D eigenvalue weighted by Gasteiger charge is -2.50. The van der Waals surface area contributed by atoms with Crippen molar-refractivity contribution < 1.29 is 14.3 Å². The molecular weight excluding hydrogens is 256 g/mol. The largest absolute Gasteiger partial charge is 0.458 e. The summed E-state index contributed by atoms with van der Waals surface area (Å²) in [4.78, 5) is 23.9. The van der Waals surface area contributed by atoms with E-state index < -0.39 is 0 Å². The van der Waals surface area contributed by atoms with Crippen LogP contribution in [0.3, 0.4) is 0 Å². The van der Waals surface area contributed by atoms with Gasteiger partial charge in [0.05, 0.1) is 5.41 Å². The Bertz CT molecular complexity index is 529. The van der Waals surface area contributed by atoms with Crippen LogP contribution in [0.4, 0.5) is 0 Å². The van der Waals surface area contributed by atoms with Gasteiger partial charge in [-0.2, -0.15) is 0 Å². The van der Waals surface area contributed by atoms with Gasteiger partial charge in [-0.15, -0.1) is 0 Å². The van der Waals surface area contributed by atoms with Crippen LogP contribution in [0.1, 0.15) is 32.6 Å². The highest BCUT2D eigenvalue weighted by Crippen LogP contribution is 2.56. The van der Waals surface area contributed by atoms with Crippen LogP contribution in [0.2, 0.25) is 0 Å². The van der Waals surface area contributed by atoms with Gasteiger partial charge >= 0.3 is 5.97 Å². The zero-order valence-electron chi connectivity index (χ0n) is 11.7. The summed E-state index contributed by atoms with van der Waals surface area (Å²) in [6.45, 7) is 3.32. The molecule has 108 valence electrons. The molecule has 5 nitrogen and oxygen atoms in total. The summed E-state index contributed by atoms with van der Waals surface area (Å²) in [5, 5.41) is 6.72. The lowest BCUT2D eigenvalue weighted by atomic mass is 9.60. The predicted molar refractivity (Wildman–Crippen MR) is 71.8 cm³/mol. The number of fused-ring (bicyclic) bond motifs is 2. The molecule has 3 fully saturated rings. The van der Waals surface area contributed by atoms with Crippen LogP contribution < -0.4 is 10.6 Å². The second kappa shape index (κ2) is 3.85. The van der Waals surface area contributed by atoms with Gasteiger partial charge in [-0.1, -0.05) is 6.92 Å². The van der Waals surface area contributed by atoms with E-state index in [9.17, 15) is 9.59 Å². The van der Waals surface area contributed by atoms with Gasteiger partial charge in [-0.25, -0.2) is 4.79 Å². The summed E-state index contributed by atoms with van der Waals surface area (Å²) in [6, 6.07) is 0.381. The minimum Gasteiger partial charge on any atom is -0.458 e. The van der Waals surface area contributed by atoms with Crippen LogP contribution in [0.15, 0.2) is 11.6 Å². The fraction of sp³-hybridized carbons (Fsp3) is 0.733. The predicted octanol–water partition coefficient (Wildman–Crippen LogP) is 0.506. The number of nitrogens with one attached hydrogen (secondary N) is 2. The fourth-order valence-corrected chi connectivity index (χ4v) is 4.95. The number of hydrogen-bond acceptors (Lipinski definition) is 4. The second-order valence-corrected chi connectivity index (χ2v) is 6.72. The maximum absolute atomic E-state index is 12.4. The molecule has 2 N–H and O–H groups in total. The Morgan fingerprint density at radius 2 is 2.20 bits per heavy atom. The lowest BCUT2D eigenvalue weighted by Crippen LogP contribution is -2.62. The van der Waals surface area contributed by atoms with Crippen molar-refractivity contribution in [1.29, 1.82) is 0 Å². The van der Waals surface area contributed by atoms with Gasteiger partial charge in [0.2, 0.25) is 5.91 Å². The second-order valence-electron chi connectivity index (χ2n) is 6.72. The maximum Gasteiger partial charge on any atom is 0.331 e. The molecule has 0 aromatic rings. The third-order valence-electron chi connectivity index (χ3n) is 6.07. The van der Waals surface area contributed by atoms with Crippen LogP contribution in [-0.4, -0.2) is 36.6 Å². The van der Waals surface area contributed by atoms with Crippen LogP contribution >= 0.6 is 0 Å². The number of carbonyl (C=O) groups is 2. The van der Waals surface area contributed by atoms with Gasteiger partial charge in [0.25, 0.3) is 0 Å². The first-order valence-electron chi connectivity index (χ1n) is 7.51. The third-order valence-corrected chi connectivity index (χ3v) is 6.07. The first-order chi connectivity index (χ1) is 9.57. The monoisotopic (exact) mass is 276 g/mol. The molecule has 1 amide bonds. The molecule has 4 unspecified atom stereocenters. The van der Waals surface area contributed by atoms with Crippen molar-refractivity contribution in [2.75, 3.05) is 13.2 Å². The van der Waals surface area contributed by atoms with Crippen LogP contribution in [-0.2, 0) is 14.3 Å². The number of esters is 1. The number of rotatable bonds is 1. The third kappa shape index (κ3) is 1.36. The molecule has 4 aliphatic heterocycles. The normalized spacial score (nSPS) is 46.5. The van der Waals surface area contributed by atoms with E-state index in [0.29, 0.717) is 12.6 Å². The molecule has 3 saturated heterocycles. The Labute approximate surface area is 118 Å². The Morgan fingerprint density at radius 3 is 2.85 bits per heavy atom. The van der Waals surface area contributed by atoms with E-state index in [1.165, 1.54) is 0 Å². The standard InChI is InChI=1S/C15H20N2O3/c1-9-14(4-5-16-13(14)19)7-11-2-3-15(9,17-11)10-6-12(18)20-8-10/h6,9,11,17H,2-5,7-8H2,1H3,(H,16,19). The minimum absolute atomic E-state index is 0.192. The van der Waals surface area contributed by atoms with E-state index in [1.807, 2.05) is 0 Å². The fourth-order valence-electron chi connectivity index (χ4n) is 4.95. The molecule has 4 aliphatic rings. The Balaban J connectivity index is 1.78. The van der Waals surface area contributed by atoms with Crippen LogP contribution in [0.25, 0.3) is 0 Å². The minimum atomic E-state index is -0.265. The molecule has 4 heterocycles. The van der Waals surface area contributed by atoms with Crippen molar-refractivity contribution in [3.05, 3.63) is 11.6 Å². The molecule has 0 aliphatic carbocycles. The zero-order valence-corrected chi connectivity index (χ0v) is 11.7. The molecule has 4 atom stereocenters. The van der Waals surface area contributed by atoms with Crippen molar-refractivity contribution in [2.45, 2.75) is 44.2 Å². The molecule has 1 spiro atoms. The number of ether oxygens (including phenoxy) is 1. The summed E-state index contributed by atoms with van der Waals surface area (Å²) < 4.78 is 5.12. The molecular formula is C15H20N2O3. The lowest BCUT2D eigenvalue weighted by molar-refractivity contribution is -0.136. The van der Waals surface area contributed by atoms with Crippen molar-refractivity contribution in [1.82, 2.24) is 10.6 Å². The highest BCUT2D eigenvalue weighted by molar-refractivity contribution is 5.87. The van der Waals surface area contributed by atoms with Crippen molar-refractivity contribution in [3.63, 3.8) is 0 Å². The number of hydrogen-bond donors (Lipinski definition) is 2. The average Bonchev–Trinajstić information content (AvgIpc) is 3.09. The zero-order chi connectivity index (χ0) is 14.0. The average molecular weight is 276 g/mol. The molecule has 0 saturated carbocycles. The molecule has 0 aromatic heterocycles. The first kappa shape index (κ1) is 12.4. The summed E-state index contributed by atoms with van der Waals surface area (Å²) in [5.74, 6) is 0.146. The quantitative estimate of drug-likeness (QED) is 0.685. The van der Waals surface area contributed by atoms with Crippen molar-refractivity contribution in [2.24, 2.45) is 11.3 Å². The molecule has 4 rings (SSSR count). The van der Waals surface area contributed by atoms with Crippen molar-refractivity contribution in [3.8, 4) is 0 Å². The first-order valence-corrected chi connectivity index (χ1v) is 7.51. The van der Waals surface area contributed by atoms with Gasteiger partial charge < -0.3 is 15.4 Å². The topological polar surface area (TPSA) is 67.4 Å². The summed E-state index contributed by atoms with van der Waals surface area (Å²) in [6.07, 6.45) is 5.54. The van der Waals surface area contributed by atoms with E-state index in [0.717, 1.165) is 37.8 Å². The number of piperidine rings is 1. The summed E-state index contributed by atoms with van der Waals surface area (Å²) in [7, 11) is 0. The molecule has 0 aromatic carbocycles. The van der Waals surface area contributed by atoms with Gasteiger partial charge in [-0.3, -0.25) is 4.79 Å². The number of amides is 1. The van der Waals surface area contributed by atoms with E-state index in [-0.39, 0.29) is 28.7 Å². The van der Waals surface area contributed by atoms with E-state index in [2.05, 4.69) is 17.6 Å². The Morgan fingerprint density at radius 1 is 1.35 bits per heavy atom. The van der Waals surface area contributed by atoms with Crippen LogP contribution in [0.5, 0.6) is 0 Å². The smallest absolute Gasteiger partial charge is 0.331 e. The van der Waals surface area contributed by atoms with Gasteiger partial charge in [0.1, 0.15) is 6.61 Å². The number of carbonyl (C=O) groups excluding carboxylic acids is 2. The van der Waals surface area contributed by atoms with E-state index >= 15 is 0 Å². The highest BCUT2D eigenvalue weighted by atomic mass is 16.5. The summed E-state index contributed by atoms with van der Waals surface area (Å²) >= 11 is 0. The number of cyclic esters (lactones) is 1. The summed E-state index contributed by atoms with van der Waals surface area (Å²) in [5.41, 5.74) is 0.548. The Kier molecular flexibility index (Phi) is 2.38. The molecule has 2 bridgehead atoms. The molecule has 20 heavy (non-hydrogen) atoms. The highest BCUT2D eigenvalue weighted by Gasteiger charge is 2.62.